The number of aryl methyl sites for hydroxylation is 1. The van der Waals surface area contributed by atoms with Crippen LogP contribution in [0.15, 0.2) is 24.3 Å². The molecule has 4 nitrogen and oxygen atoms in total. The Kier molecular flexibility index (Phi) is 6.82. The van der Waals surface area contributed by atoms with Crippen molar-refractivity contribution in [3.63, 3.8) is 0 Å². The highest BCUT2D eigenvalue weighted by atomic mass is 35.5. The van der Waals surface area contributed by atoms with E-state index in [1.165, 1.54) is 5.56 Å². The van der Waals surface area contributed by atoms with Crippen molar-refractivity contribution in [2.24, 2.45) is 11.7 Å². The highest BCUT2D eigenvalue weighted by Gasteiger charge is 2.27. The number of amides is 1. The number of carbonyl (C=O) groups is 1. The van der Waals surface area contributed by atoms with E-state index in [9.17, 15) is 4.79 Å². The summed E-state index contributed by atoms with van der Waals surface area (Å²) in [7, 11) is 0. The minimum absolute atomic E-state index is 0. The molecular formula is C15H23ClN2O2. The second-order valence-electron chi connectivity index (χ2n) is 5.23. The summed E-state index contributed by atoms with van der Waals surface area (Å²) in [5, 5.41) is 2.91. The van der Waals surface area contributed by atoms with Crippen molar-refractivity contribution in [2.75, 3.05) is 13.2 Å². The Bertz CT molecular complexity index is 440. The van der Waals surface area contributed by atoms with E-state index in [2.05, 4.69) is 5.32 Å². The lowest BCUT2D eigenvalue weighted by atomic mass is 10.1. The van der Waals surface area contributed by atoms with Gasteiger partial charge in [-0.3, -0.25) is 4.79 Å². The first kappa shape index (κ1) is 16.8. The number of hydrogen-bond donors (Lipinski definition) is 2. The third-order valence-electron chi connectivity index (χ3n) is 3.50. The molecule has 1 saturated carbocycles. The van der Waals surface area contributed by atoms with Crippen molar-refractivity contribution in [1.29, 1.82) is 0 Å². The zero-order valence-corrected chi connectivity index (χ0v) is 12.6. The van der Waals surface area contributed by atoms with E-state index < -0.39 is 0 Å². The molecule has 0 radical (unpaired) electrons. The Hall–Kier alpha value is -1.26. The van der Waals surface area contributed by atoms with Crippen LogP contribution in [0.2, 0.25) is 0 Å². The largest absolute Gasteiger partial charge is 0.492 e. The molecule has 1 aromatic rings. The zero-order chi connectivity index (χ0) is 13.7. The third kappa shape index (κ3) is 5.02. The van der Waals surface area contributed by atoms with Crippen LogP contribution in [0.4, 0.5) is 0 Å². The molecule has 2 unspecified atom stereocenters. The van der Waals surface area contributed by atoms with Crippen LogP contribution in [0, 0.1) is 12.8 Å². The van der Waals surface area contributed by atoms with Gasteiger partial charge in [-0.15, -0.1) is 12.4 Å². The van der Waals surface area contributed by atoms with Crippen molar-refractivity contribution < 1.29 is 9.53 Å². The number of ether oxygens (including phenoxy) is 1. The molecule has 0 aliphatic heterocycles. The molecule has 20 heavy (non-hydrogen) atoms. The summed E-state index contributed by atoms with van der Waals surface area (Å²) < 4.78 is 5.58. The van der Waals surface area contributed by atoms with Crippen LogP contribution in [0.5, 0.6) is 5.75 Å². The van der Waals surface area contributed by atoms with Gasteiger partial charge in [0.2, 0.25) is 5.91 Å². The number of hydrogen-bond acceptors (Lipinski definition) is 3. The first-order valence-electron chi connectivity index (χ1n) is 6.88. The first-order valence-corrected chi connectivity index (χ1v) is 6.88. The summed E-state index contributed by atoms with van der Waals surface area (Å²) in [5.41, 5.74) is 6.97. The van der Waals surface area contributed by atoms with Gasteiger partial charge >= 0.3 is 0 Å². The minimum Gasteiger partial charge on any atom is -0.492 e. The second kappa shape index (κ2) is 8.12. The molecule has 1 aromatic carbocycles. The highest BCUT2D eigenvalue weighted by molar-refractivity contribution is 5.85. The maximum Gasteiger partial charge on any atom is 0.223 e. The van der Waals surface area contributed by atoms with Crippen molar-refractivity contribution >= 4 is 18.3 Å². The average molecular weight is 299 g/mol. The molecule has 1 aliphatic carbocycles. The summed E-state index contributed by atoms with van der Waals surface area (Å²) in [4.78, 5) is 11.8. The van der Waals surface area contributed by atoms with Crippen molar-refractivity contribution in [3.05, 3.63) is 29.8 Å². The summed E-state index contributed by atoms with van der Waals surface area (Å²) in [6, 6.07) is 8.09. The minimum atomic E-state index is 0. The van der Waals surface area contributed by atoms with Crippen molar-refractivity contribution in [1.82, 2.24) is 5.32 Å². The number of carbonyl (C=O) groups excluding carboxylic acids is 1. The fourth-order valence-electron chi connectivity index (χ4n) is 2.45. The molecule has 1 aliphatic rings. The zero-order valence-electron chi connectivity index (χ0n) is 11.8. The standard InChI is InChI=1S/C15H22N2O2.ClH/c1-11-3-2-4-14(9-11)19-8-7-17-15(18)12-5-6-13(16)10-12;/h2-4,9,12-13H,5-8,10,16H2,1H3,(H,17,18);1H. The molecule has 2 atom stereocenters. The Morgan fingerprint density at radius 2 is 2.25 bits per heavy atom. The quantitative estimate of drug-likeness (QED) is 0.818. The van der Waals surface area contributed by atoms with Crippen molar-refractivity contribution in [3.8, 4) is 5.75 Å². The molecule has 0 spiro atoms. The number of benzene rings is 1. The fourth-order valence-corrected chi connectivity index (χ4v) is 2.45. The number of nitrogens with one attached hydrogen (secondary N) is 1. The van der Waals surface area contributed by atoms with E-state index in [1.807, 2.05) is 31.2 Å². The van der Waals surface area contributed by atoms with Crippen LogP contribution < -0.4 is 15.8 Å². The predicted molar refractivity (Wildman–Crippen MR) is 82.2 cm³/mol. The molecule has 3 N–H and O–H groups in total. The van der Waals surface area contributed by atoms with E-state index in [-0.39, 0.29) is 30.3 Å². The molecule has 5 heteroatoms. The van der Waals surface area contributed by atoms with Gasteiger partial charge in [-0.25, -0.2) is 0 Å². The molecule has 1 fully saturated rings. The normalized spacial score (nSPS) is 21.1. The Balaban J connectivity index is 0.00000200. The van der Waals surface area contributed by atoms with E-state index in [4.69, 9.17) is 10.5 Å². The molecule has 0 bridgehead atoms. The van der Waals surface area contributed by atoms with E-state index in [0.29, 0.717) is 13.2 Å². The number of halogens is 1. The topological polar surface area (TPSA) is 64.3 Å². The van der Waals surface area contributed by atoms with Crippen molar-refractivity contribution in [2.45, 2.75) is 32.2 Å². The van der Waals surface area contributed by atoms with Gasteiger partial charge in [-0.2, -0.15) is 0 Å². The van der Waals surface area contributed by atoms with Gasteiger partial charge in [0.15, 0.2) is 0 Å². The summed E-state index contributed by atoms with van der Waals surface area (Å²) >= 11 is 0. The van der Waals surface area contributed by atoms with E-state index in [0.717, 1.165) is 25.0 Å². The number of rotatable bonds is 5. The second-order valence-corrected chi connectivity index (χ2v) is 5.23. The van der Waals surface area contributed by atoms with Gasteiger partial charge in [0.1, 0.15) is 12.4 Å². The average Bonchev–Trinajstić information content (AvgIpc) is 2.81. The molecule has 0 aromatic heterocycles. The molecule has 112 valence electrons. The maximum atomic E-state index is 11.8. The smallest absolute Gasteiger partial charge is 0.223 e. The SMILES string of the molecule is Cc1cccc(OCCNC(=O)C2CCC(N)C2)c1.Cl. The van der Waals surface area contributed by atoms with Crippen LogP contribution in [-0.2, 0) is 4.79 Å². The highest BCUT2D eigenvalue weighted by Crippen LogP contribution is 2.23. The van der Waals surface area contributed by atoms with Crippen LogP contribution in [0.1, 0.15) is 24.8 Å². The summed E-state index contributed by atoms with van der Waals surface area (Å²) in [5.74, 6) is 1.05. The number of nitrogens with two attached hydrogens (primary N) is 1. The van der Waals surface area contributed by atoms with E-state index >= 15 is 0 Å². The van der Waals surface area contributed by atoms with Gasteiger partial charge in [-0.05, 0) is 43.9 Å². The summed E-state index contributed by atoms with van der Waals surface area (Å²) in [6.45, 7) is 3.06. The van der Waals surface area contributed by atoms with Crippen LogP contribution in [0.3, 0.4) is 0 Å². The summed E-state index contributed by atoms with van der Waals surface area (Å²) in [6.07, 6.45) is 2.67. The van der Waals surface area contributed by atoms with Crippen LogP contribution in [0.25, 0.3) is 0 Å². The Morgan fingerprint density at radius 1 is 1.45 bits per heavy atom. The Morgan fingerprint density at radius 3 is 2.90 bits per heavy atom. The maximum absolute atomic E-state index is 11.8. The molecule has 2 rings (SSSR count). The van der Waals surface area contributed by atoms with Gasteiger partial charge in [0.05, 0.1) is 6.54 Å². The lowest BCUT2D eigenvalue weighted by Crippen LogP contribution is -2.33. The van der Waals surface area contributed by atoms with Crippen LogP contribution in [-0.4, -0.2) is 25.1 Å². The lowest BCUT2D eigenvalue weighted by molar-refractivity contribution is -0.124. The molecule has 0 heterocycles. The molecular weight excluding hydrogens is 276 g/mol. The molecule has 0 saturated heterocycles. The first-order chi connectivity index (χ1) is 9.15. The third-order valence-corrected chi connectivity index (χ3v) is 3.50. The Labute approximate surface area is 126 Å². The van der Waals surface area contributed by atoms with Gasteiger partial charge in [0, 0.05) is 12.0 Å². The fraction of sp³-hybridized carbons (Fsp3) is 0.533. The van der Waals surface area contributed by atoms with E-state index in [1.54, 1.807) is 0 Å². The van der Waals surface area contributed by atoms with Gasteiger partial charge in [-0.1, -0.05) is 12.1 Å². The van der Waals surface area contributed by atoms with Gasteiger partial charge in [0.25, 0.3) is 0 Å². The monoisotopic (exact) mass is 298 g/mol. The molecule has 1 amide bonds. The predicted octanol–water partition coefficient (Wildman–Crippen LogP) is 2.04. The van der Waals surface area contributed by atoms with Crippen LogP contribution >= 0.6 is 12.4 Å². The van der Waals surface area contributed by atoms with Gasteiger partial charge < -0.3 is 15.8 Å². The lowest BCUT2D eigenvalue weighted by Gasteiger charge is -2.11.